The molecule has 0 atom stereocenters. The van der Waals surface area contributed by atoms with Crippen LogP contribution in [0.4, 0.5) is 0 Å². The lowest BCUT2D eigenvalue weighted by Gasteiger charge is -2.16. The van der Waals surface area contributed by atoms with Crippen LogP contribution in [0, 0.1) is 6.92 Å². The summed E-state index contributed by atoms with van der Waals surface area (Å²) in [5, 5.41) is 2.99. The number of nitrogens with zero attached hydrogens (tertiary/aromatic N) is 1. The zero-order valence-corrected chi connectivity index (χ0v) is 16.8. The van der Waals surface area contributed by atoms with Gasteiger partial charge in [0.2, 0.25) is 5.91 Å². The molecule has 0 saturated carbocycles. The van der Waals surface area contributed by atoms with E-state index in [0.29, 0.717) is 13.1 Å². The van der Waals surface area contributed by atoms with E-state index in [9.17, 15) is 4.79 Å². The molecule has 5 heteroatoms. The smallest absolute Gasteiger partial charge is 0.234 e. The van der Waals surface area contributed by atoms with Crippen molar-refractivity contribution in [3.05, 3.63) is 59.7 Å². The number of likely N-dealkylation sites (N-methyl/N-ethyl adjacent to an activating group) is 1. The number of hydrogen-bond acceptors (Lipinski definition) is 4. The van der Waals surface area contributed by atoms with Crippen LogP contribution >= 0.6 is 23.5 Å². The first-order valence-corrected chi connectivity index (χ1v) is 10.6. The van der Waals surface area contributed by atoms with Gasteiger partial charge in [0, 0.05) is 28.6 Å². The van der Waals surface area contributed by atoms with Gasteiger partial charge in [0.05, 0.1) is 6.54 Å². The summed E-state index contributed by atoms with van der Waals surface area (Å²) in [5.74, 6) is 0.960. The van der Waals surface area contributed by atoms with Crippen LogP contribution in [0.2, 0.25) is 0 Å². The first kappa shape index (κ1) is 19.9. The molecule has 0 bridgehead atoms. The fourth-order valence-electron chi connectivity index (χ4n) is 2.39. The second-order valence-corrected chi connectivity index (χ2v) is 8.08. The summed E-state index contributed by atoms with van der Waals surface area (Å²) in [6.45, 7) is 3.97. The molecule has 2 rings (SSSR count). The molecule has 0 unspecified atom stereocenters. The van der Waals surface area contributed by atoms with Gasteiger partial charge in [0.15, 0.2) is 0 Å². The van der Waals surface area contributed by atoms with Crippen molar-refractivity contribution in [1.29, 1.82) is 0 Å². The van der Waals surface area contributed by atoms with E-state index >= 15 is 0 Å². The Kier molecular flexibility index (Phi) is 8.38. The van der Waals surface area contributed by atoms with Gasteiger partial charge in [0.1, 0.15) is 0 Å². The molecule has 2 aromatic carbocycles. The highest BCUT2D eigenvalue weighted by atomic mass is 32.2. The van der Waals surface area contributed by atoms with E-state index in [-0.39, 0.29) is 5.91 Å². The third kappa shape index (κ3) is 7.55. The van der Waals surface area contributed by atoms with E-state index in [2.05, 4.69) is 67.0 Å². The van der Waals surface area contributed by atoms with Gasteiger partial charge in [-0.2, -0.15) is 0 Å². The molecule has 0 heterocycles. The summed E-state index contributed by atoms with van der Waals surface area (Å²) in [6.07, 6.45) is 2.07. The maximum absolute atomic E-state index is 12.0. The molecule has 134 valence electrons. The average Bonchev–Trinajstić information content (AvgIpc) is 2.61. The molecule has 25 heavy (non-hydrogen) atoms. The molecule has 0 aromatic heterocycles. The van der Waals surface area contributed by atoms with E-state index in [1.807, 2.05) is 11.9 Å². The van der Waals surface area contributed by atoms with Crippen LogP contribution in [0.5, 0.6) is 0 Å². The molecule has 0 aliphatic rings. The predicted molar refractivity (Wildman–Crippen MR) is 109 cm³/mol. The highest BCUT2D eigenvalue weighted by molar-refractivity contribution is 7.99. The Hall–Kier alpha value is -1.43. The molecule has 0 aliphatic carbocycles. The lowest BCUT2D eigenvalue weighted by molar-refractivity contribution is -0.121. The van der Waals surface area contributed by atoms with Crippen molar-refractivity contribution in [2.24, 2.45) is 0 Å². The third-order valence-corrected chi connectivity index (χ3v) is 5.50. The van der Waals surface area contributed by atoms with Crippen molar-refractivity contribution in [2.45, 2.75) is 23.3 Å². The normalized spacial score (nSPS) is 10.9. The average molecular weight is 375 g/mol. The number of carbonyl (C=O) groups is 1. The number of benzene rings is 2. The number of rotatable bonds is 9. The molecule has 0 aliphatic heterocycles. The quantitative estimate of drug-likeness (QED) is 0.530. The van der Waals surface area contributed by atoms with Gasteiger partial charge in [-0.25, -0.2) is 0 Å². The van der Waals surface area contributed by atoms with Gasteiger partial charge in [-0.3, -0.25) is 9.69 Å². The third-order valence-electron chi connectivity index (χ3n) is 3.74. The number of nitrogens with one attached hydrogen (secondary N) is 1. The van der Waals surface area contributed by atoms with Gasteiger partial charge < -0.3 is 5.32 Å². The topological polar surface area (TPSA) is 32.3 Å². The zero-order chi connectivity index (χ0) is 18.1. The van der Waals surface area contributed by atoms with E-state index < -0.39 is 0 Å². The van der Waals surface area contributed by atoms with Crippen LogP contribution < -0.4 is 5.32 Å². The fourth-order valence-corrected chi connectivity index (χ4v) is 3.57. The van der Waals surface area contributed by atoms with Crippen LogP contribution in [0.3, 0.4) is 0 Å². The predicted octanol–water partition coefficient (Wildman–Crippen LogP) is 4.06. The molecule has 0 saturated heterocycles. The number of thioether (sulfide) groups is 2. The summed E-state index contributed by atoms with van der Waals surface area (Å²) in [7, 11) is 1.98. The van der Waals surface area contributed by atoms with E-state index in [4.69, 9.17) is 0 Å². The Bertz CT molecular complexity index is 656. The highest BCUT2D eigenvalue weighted by Crippen LogP contribution is 2.17. The number of amides is 1. The van der Waals surface area contributed by atoms with Gasteiger partial charge in [-0.1, -0.05) is 29.8 Å². The van der Waals surface area contributed by atoms with Crippen molar-refractivity contribution >= 4 is 29.4 Å². The van der Waals surface area contributed by atoms with Crippen LogP contribution in [0.15, 0.2) is 58.3 Å². The van der Waals surface area contributed by atoms with Crippen molar-refractivity contribution in [2.75, 3.05) is 32.1 Å². The Balaban J connectivity index is 1.64. The van der Waals surface area contributed by atoms with Crippen molar-refractivity contribution in [3.63, 3.8) is 0 Å². The molecule has 1 N–H and O–H groups in total. The molecular formula is C20H26N2OS2. The highest BCUT2D eigenvalue weighted by Gasteiger charge is 2.07. The Labute approximate surface area is 159 Å². The lowest BCUT2D eigenvalue weighted by Crippen LogP contribution is -2.35. The maximum atomic E-state index is 12.0. The first-order valence-electron chi connectivity index (χ1n) is 8.34. The summed E-state index contributed by atoms with van der Waals surface area (Å²) in [5.41, 5.74) is 2.49. The molecular weight excluding hydrogens is 348 g/mol. The van der Waals surface area contributed by atoms with Gasteiger partial charge >= 0.3 is 0 Å². The van der Waals surface area contributed by atoms with Crippen LogP contribution in [-0.2, 0) is 11.3 Å². The SMILES string of the molecule is CSc1ccc(CN(C)CC(=O)NCCSc2ccc(C)cc2)cc1. The van der Waals surface area contributed by atoms with E-state index in [1.165, 1.54) is 20.9 Å². The summed E-state index contributed by atoms with van der Waals surface area (Å²) < 4.78 is 0. The number of carbonyl (C=O) groups excluding carboxylic acids is 1. The Morgan fingerprint density at radius 1 is 1.04 bits per heavy atom. The Morgan fingerprint density at radius 2 is 1.68 bits per heavy atom. The molecule has 0 fully saturated rings. The summed E-state index contributed by atoms with van der Waals surface area (Å²) >= 11 is 3.50. The second kappa shape index (κ2) is 10.5. The second-order valence-electron chi connectivity index (χ2n) is 6.03. The van der Waals surface area contributed by atoms with Gasteiger partial charge in [-0.05, 0) is 50.1 Å². The number of aryl methyl sites for hydroxylation is 1. The van der Waals surface area contributed by atoms with E-state index in [1.54, 1.807) is 23.5 Å². The summed E-state index contributed by atoms with van der Waals surface area (Å²) in [4.78, 5) is 16.6. The summed E-state index contributed by atoms with van der Waals surface area (Å²) in [6, 6.07) is 17.0. The Morgan fingerprint density at radius 3 is 2.32 bits per heavy atom. The van der Waals surface area contributed by atoms with Crippen molar-refractivity contribution < 1.29 is 4.79 Å². The van der Waals surface area contributed by atoms with Crippen molar-refractivity contribution in [1.82, 2.24) is 10.2 Å². The fraction of sp³-hybridized carbons (Fsp3) is 0.350. The van der Waals surface area contributed by atoms with E-state index in [0.717, 1.165) is 12.3 Å². The maximum Gasteiger partial charge on any atom is 0.234 e. The monoisotopic (exact) mass is 374 g/mol. The van der Waals surface area contributed by atoms with Gasteiger partial charge in [0.25, 0.3) is 0 Å². The molecule has 0 radical (unpaired) electrons. The minimum atomic E-state index is 0.0766. The minimum absolute atomic E-state index is 0.0766. The van der Waals surface area contributed by atoms with Crippen LogP contribution in [-0.4, -0.2) is 43.0 Å². The molecule has 1 amide bonds. The van der Waals surface area contributed by atoms with Crippen LogP contribution in [0.25, 0.3) is 0 Å². The largest absolute Gasteiger partial charge is 0.354 e. The first-order chi connectivity index (χ1) is 12.1. The standard InChI is InChI=1S/C20H26N2OS2/c1-16-4-8-19(9-5-16)25-13-12-21-20(23)15-22(2)14-17-6-10-18(24-3)11-7-17/h4-11H,12-15H2,1-3H3,(H,21,23). The molecule has 2 aromatic rings. The molecule has 0 spiro atoms. The van der Waals surface area contributed by atoms with Crippen LogP contribution in [0.1, 0.15) is 11.1 Å². The number of hydrogen-bond donors (Lipinski definition) is 1. The van der Waals surface area contributed by atoms with Gasteiger partial charge in [-0.15, -0.1) is 23.5 Å². The molecule has 3 nitrogen and oxygen atoms in total. The minimum Gasteiger partial charge on any atom is -0.354 e. The van der Waals surface area contributed by atoms with Crippen molar-refractivity contribution in [3.8, 4) is 0 Å². The lowest BCUT2D eigenvalue weighted by atomic mass is 10.2. The zero-order valence-electron chi connectivity index (χ0n) is 15.1.